The van der Waals surface area contributed by atoms with Crippen LogP contribution in [0.1, 0.15) is 30.9 Å². The largest absolute Gasteiger partial charge is 0.497 e. The van der Waals surface area contributed by atoms with Gasteiger partial charge in [0.1, 0.15) is 5.75 Å². The van der Waals surface area contributed by atoms with Gasteiger partial charge in [0.05, 0.1) is 26.7 Å². The highest BCUT2D eigenvalue weighted by molar-refractivity contribution is 14.0. The molecule has 1 aliphatic heterocycles. The van der Waals surface area contributed by atoms with E-state index >= 15 is 0 Å². The third kappa shape index (κ3) is 6.34. The van der Waals surface area contributed by atoms with Gasteiger partial charge in [-0.25, -0.2) is 4.99 Å². The van der Waals surface area contributed by atoms with E-state index in [1.165, 1.54) is 7.11 Å². The van der Waals surface area contributed by atoms with Crippen molar-refractivity contribution in [1.29, 1.82) is 0 Å². The lowest BCUT2D eigenvalue weighted by atomic mass is 9.97. The van der Waals surface area contributed by atoms with Gasteiger partial charge in [0.25, 0.3) is 0 Å². The number of esters is 1. The SMILES string of the molecule is CCNC(=NCc1cc(C)cc(OC)c1)N1CCC(C(=O)OC)CC1.I. The van der Waals surface area contributed by atoms with Gasteiger partial charge in [-0.2, -0.15) is 0 Å². The van der Waals surface area contributed by atoms with Crippen molar-refractivity contribution in [2.75, 3.05) is 33.9 Å². The number of aliphatic imine (C=N–C) groups is 1. The first-order valence-electron chi connectivity index (χ1n) is 8.83. The van der Waals surface area contributed by atoms with E-state index in [-0.39, 0.29) is 35.9 Å². The minimum absolute atomic E-state index is 0. The fourth-order valence-corrected chi connectivity index (χ4v) is 3.12. The lowest BCUT2D eigenvalue weighted by Gasteiger charge is -2.33. The molecule has 2 rings (SSSR count). The highest BCUT2D eigenvalue weighted by Gasteiger charge is 2.26. The molecule has 26 heavy (non-hydrogen) atoms. The Balaban J connectivity index is 0.00000338. The van der Waals surface area contributed by atoms with Crippen LogP contribution in [0.2, 0.25) is 0 Å². The summed E-state index contributed by atoms with van der Waals surface area (Å²) in [6.07, 6.45) is 1.60. The lowest BCUT2D eigenvalue weighted by Crippen LogP contribution is -2.46. The van der Waals surface area contributed by atoms with Crippen LogP contribution >= 0.6 is 24.0 Å². The zero-order chi connectivity index (χ0) is 18.2. The maximum Gasteiger partial charge on any atom is 0.308 e. The van der Waals surface area contributed by atoms with E-state index < -0.39 is 0 Å². The number of benzene rings is 1. The summed E-state index contributed by atoms with van der Waals surface area (Å²) in [5.74, 6) is 1.65. The maximum atomic E-state index is 11.7. The third-order valence-electron chi connectivity index (χ3n) is 4.42. The van der Waals surface area contributed by atoms with Crippen LogP contribution in [0, 0.1) is 12.8 Å². The van der Waals surface area contributed by atoms with Crippen LogP contribution in [-0.2, 0) is 16.1 Å². The molecular weight excluding hydrogens is 445 g/mol. The standard InChI is InChI=1S/C19H29N3O3.HI/c1-5-20-19(22-8-6-16(7-9-22)18(23)25-4)21-13-15-10-14(2)11-17(12-15)24-3;/h10-12,16H,5-9,13H2,1-4H3,(H,20,21);1H. The van der Waals surface area contributed by atoms with Crippen molar-refractivity contribution in [2.24, 2.45) is 10.9 Å². The molecule has 1 heterocycles. The average molecular weight is 475 g/mol. The van der Waals surface area contributed by atoms with Crippen LogP contribution in [0.25, 0.3) is 0 Å². The van der Waals surface area contributed by atoms with Gasteiger partial charge in [0.15, 0.2) is 5.96 Å². The molecule has 0 saturated carbocycles. The molecule has 1 aliphatic rings. The van der Waals surface area contributed by atoms with Crippen molar-refractivity contribution in [2.45, 2.75) is 33.2 Å². The van der Waals surface area contributed by atoms with Gasteiger partial charge in [-0.15, -0.1) is 24.0 Å². The van der Waals surface area contributed by atoms with E-state index in [1.54, 1.807) is 7.11 Å². The van der Waals surface area contributed by atoms with Crippen molar-refractivity contribution < 1.29 is 14.3 Å². The smallest absolute Gasteiger partial charge is 0.308 e. The molecule has 146 valence electrons. The van der Waals surface area contributed by atoms with Gasteiger partial charge in [-0.3, -0.25) is 4.79 Å². The van der Waals surface area contributed by atoms with Gasteiger partial charge >= 0.3 is 5.97 Å². The molecule has 1 fully saturated rings. The van der Waals surface area contributed by atoms with Crippen LogP contribution < -0.4 is 10.1 Å². The van der Waals surface area contributed by atoms with Crippen LogP contribution in [0.15, 0.2) is 23.2 Å². The summed E-state index contributed by atoms with van der Waals surface area (Å²) in [4.78, 5) is 18.7. The Hall–Kier alpha value is -1.51. The Morgan fingerprint density at radius 1 is 1.27 bits per heavy atom. The molecule has 1 N–H and O–H groups in total. The van der Waals surface area contributed by atoms with Crippen molar-refractivity contribution in [3.05, 3.63) is 29.3 Å². The predicted octanol–water partition coefficient (Wildman–Crippen LogP) is 2.97. The molecule has 0 aliphatic carbocycles. The molecule has 0 atom stereocenters. The van der Waals surface area contributed by atoms with Crippen molar-refractivity contribution in [1.82, 2.24) is 10.2 Å². The number of nitrogens with one attached hydrogen (secondary N) is 1. The Bertz CT molecular complexity index is 614. The Morgan fingerprint density at radius 2 is 1.96 bits per heavy atom. The highest BCUT2D eigenvalue weighted by atomic mass is 127. The van der Waals surface area contributed by atoms with E-state index in [1.807, 2.05) is 12.1 Å². The molecule has 0 bridgehead atoms. The van der Waals surface area contributed by atoms with Crippen molar-refractivity contribution in [3.63, 3.8) is 0 Å². The molecule has 0 unspecified atom stereocenters. The zero-order valence-electron chi connectivity index (χ0n) is 16.1. The zero-order valence-corrected chi connectivity index (χ0v) is 18.4. The minimum Gasteiger partial charge on any atom is -0.497 e. The number of carbonyl (C=O) groups is 1. The van der Waals surface area contributed by atoms with Crippen molar-refractivity contribution >= 4 is 35.9 Å². The second kappa shape index (κ2) is 11.3. The van der Waals surface area contributed by atoms with Crippen LogP contribution in [0.4, 0.5) is 0 Å². The number of hydrogen-bond acceptors (Lipinski definition) is 4. The maximum absolute atomic E-state index is 11.7. The summed E-state index contributed by atoms with van der Waals surface area (Å²) in [6, 6.07) is 6.15. The van der Waals surface area contributed by atoms with Gasteiger partial charge < -0.3 is 19.7 Å². The van der Waals surface area contributed by atoms with Gasteiger partial charge in [0.2, 0.25) is 0 Å². The molecule has 7 heteroatoms. The Kier molecular flexibility index (Phi) is 9.75. The number of carbonyl (C=O) groups excluding carboxylic acids is 1. The summed E-state index contributed by atoms with van der Waals surface area (Å²) in [6.45, 7) is 7.14. The Morgan fingerprint density at radius 3 is 2.54 bits per heavy atom. The number of halogens is 1. The molecule has 1 saturated heterocycles. The van der Waals surface area contributed by atoms with Crippen LogP contribution in [0.3, 0.4) is 0 Å². The number of piperidine rings is 1. The number of methoxy groups -OCH3 is 2. The van der Waals surface area contributed by atoms with Gasteiger partial charge in [0, 0.05) is 19.6 Å². The molecule has 6 nitrogen and oxygen atoms in total. The second-order valence-corrected chi connectivity index (χ2v) is 6.31. The first-order valence-corrected chi connectivity index (χ1v) is 8.83. The minimum atomic E-state index is -0.103. The quantitative estimate of drug-likeness (QED) is 0.307. The number of guanidine groups is 1. The van der Waals surface area contributed by atoms with Gasteiger partial charge in [-0.1, -0.05) is 6.07 Å². The highest BCUT2D eigenvalue weighted by Crippen LogP contribution is 2.20. The predicted molar refractivity (Wildman–Crippen MR) is 114 cm³/mol. The summed E-state index contributed by atoms with van der Waals surface area (Å²) < 4.78 is 10.2. The summed E-state index contributed by atoms with van der Waals surface area (Å²) in [5.41, 5.74) is 2.28. The summed E-state index contributed by atoms with van der Waals surface area (Å²) in [7, 11) is 3.13. The summed E-state index contributed by atoms with van der Waals surface area (Å²) in [5, 5.41) is 3.35. The monoisotopic (exact) mass is 475 g/mol. The number of rotatable bonds is 5. The average Bonchev–Trinajstić information content (AvgIpc) is 2.64. The molecule has 0 amide bonds. The molecule has 0 radical (unpaired) electrons. The fraction of sp³-hybridized carbons (Fsp3) is 0.579. The molecule has 1 aromatic rings. The fourth-order valence-electron chi connectivity index (χ4n) is 3.12. The number of likely N-dealkylation sites (tertiary alicyclic amines) is 1. The topological polar surface area (TPSA) is 63.2 Å². The second-order valence-electron chi connectivity index (χ2n) is 6.31. The summed E-state index contributed by atoms with van der Waals surface area (Å²) >= 11 is 0. The molecule has 0 spiro atoms. The normalized spacial score (nSPS) is 15.2. The van der Waals surface area contributed by atoms with E-state index in [4.69, 9.17) is 14.5 Å². The third-order valence-corrected chi connectivity index (χ3v) is 4.42. The number of nitrogens with zero attached hydrogens (tertiary/aromatic N) is 2. The van der Waals surface area contributed by atoms with E-state index in [0.717, 1.165) is 55.3 Å². The number of aryl methyl sites for hydroxylation is 1. The first kappa shape index (κ1) is 22.5. The van der Waals surface area contributed by atoms with Gasteiger partial charge in [-0.05, 0) is 49.9 Å². The van der Waals surface area contributed by atoms with Crippen LogP contribution in [-0.4, -0.2) is 50.7 Å². The van der Waals surface area contributed by atoms with Crippen molar-refractivity contribution in [3.8, 4) is 5.75 Å². The Labute approximate surface area is 173 Å². The van der Waals surface area contributed by atoms with E-state index in [2.05, 4.69) is 30.1 Å². The first-order chi connectivity index (χ1) is 12.1. The number of ether oxygens (including phenoxy) is 2. The lowest BCUT2D eigenvalue weighted by molar-refractivity contribution is -0.146. The molecular formula is C19H30IN3O3. The van der Waals surface area contributed by atoms with E-state index in [9.17, 15) is 4.79 Å². The van der Waals surface area contributed by atoms with E-state index in [0.29, 0.717) is 6.54 Å². The van der Waals surface area contributed by atoms with Crippen LogP contribution in [0.5, 0.6) is 5.75 Å². The molecule has 1 aromatic carbocycles. The number of hydrogen-bond donors (Lipinski definition) is 1. The molecule has 0 aromatic heterocycles.